The van der Waals surface area contributed by atoms with Crippen LogP contribution in [0.25, 0.3) is 0 Å². The summed E-state index contributed by atoms with van der Waals surface area (Å²) in [5.74, 6) is 1.01. The van der Waals surface area contributed by atoms with E-state index in [1.165, 1.54) is 0 Å². The van der Waals surface area contributed by atoms with Crippen LogP contribution in [0.5, 0.6) is 5.75 Å². The maximum Gasteiger partial charge on any atom is 0.260 e. The Morgan fingerprint density at radius 1 is 1.32 bits per heavy atom. The zero-order valence-electron chi connectivity index (χ0n) is 16.2. The van der Waals surface area contributed by atoms with Crippen LogP contribution in [0.4, 0.5) is 0 Å². The van der Waals surface area contributed by atoms with Crippen LogP contribution in [0.1, 0.15) is 31.2 Å². The van der Waals surface area contributed by atoms with Gasteiger partial charge in [0.1, 0.15) is 5.75 Å². The van der Waals surface area contributed by atoms with Crippen molar-refractivity contribution in [2.24, 2.45) is 5.92 Å². The number of hydrogen-bond donors (Lipinski definition) is 2. The van der Waals surface area contributed by atoms with E-state index in [4.69, 9.17) is 16.3 Å². The van der Waals surface area contributed by atoms with Gasteiger partial charge in [-0.25, -0.2) is 0 Å². The van der Waals surface area contributed by atoms with Crippen molar-refractivity contribution < 1.29 is 14.3 Å². The number of aryl methyl sites for hydroxylation is 1. The SMILES string of the molecule is Cc1cc(OCC(=O)N2CCCC(CNC(=O)C3CCCN3)C2)ccc1Cl.Cl. The van der Waals surface area contributed by atoms with Gasteiger partial charge in [-0.2, -0.15) is 0 Å². The molecule has 2 atom stereocenters. The second kappa shape index (κ2) is 10.9. The Labute approximate surface area is 177 Å². The fourth-order valence-corrected chi connectivity index (χ4v) is 3.80. The third-order valence-electron chi connectivity index (χ3n) is 5.31. The second-order valence-corrected chi connectivity index (χ2v) is 7.85. The van der Waals surface area contributed by atoms with Gasteiger partial charge >= 0.3 is 0 Å². The van der Waals surface area contributed by atoms with Crippen molar-refractivity contribution in [1.29, 1.82) is 0 Å². The molecule has 2 heterocycles. The monoisotopic (exact) mass is 429 g/mol. The first-order valence-corrected chi connectivity index (χ1v) is 10.1. The van der Waals surface area contributed by atoms with Crippen molar-refractivity contribution in [3.05, 3.63) is 28.8 Å². The first-order valence-electron chi connectivity index (χ1n) is 9.71. The van der Waals surface area contributed by atoms with Crippen LogP contribution in [0, 0.1) is 12.8 Å². The Morgan fingerprint density at radius 2 is 2.14 bits per heavy atom. The van der Waals surface area contributed by atoms with E-state index < -0.39 is 0 Å². The minimum atomic E-state index is -0.0532. The predicted octanol–water partition coefficient (Wildman–Crippen LogP) is 2.56. The molecule has 2 aliphatic heterocycles. The van der Waals surface area contributed by atoms with Crippen molar-refractivity contribution in [2.45, 2.75) is 38.6 Å². The van der Waals surface area contributed by atoms with E-state index in [9.17, 15) is 9.59 Å². The molecule has 0 spiro atoms. The Balaban J connectivity index is 0.00000280. The highest BCUT2D eigenvalue weighted by atomic mass is 35.5. The summed E-state index contributed by atoms with van der Waals surface area (Å²) >= 11 is 6.01. The number of hydrogen-bond acceptors (Lipinski definition) is 4. The number of ether oxygens (including phenoxy) is 1. The number of carbonyl (C=O) groups excluding carboxylic acids is 2. The lowest BCUT2D eigenvalue weighted by Crippen LogP contribution is -2.47. The number of halogens is 2. The number of benzene rings is 1. The average Bonchev–Trinajstić information content (AvgIpc) is 3.22. The van der Waals surface area contributed by atoms with Crippen molar-refractivity contribution in [2.75, 3.05) is 32.8 Å². The first kappa shape index (κ1) is 22.8. The normalized spacial score (nSPS) is 21.7. The molecule has 0 aliphatic carbocycles. The highest BCUT2D eigenvalue weighted by molar-refractivity contribution is 6.31. The van der Waals surface area contributed by atoms with Gasteiger partial charge in [0.15, 0.2) is 6.61 Å². The largest absolute Gasteiger partial charge is 0.484 e. The van der Waals surface area contributed by atoms with Gasteiger partial charge in [-0.3, -0.25) is 9.59 Å². The lowest BCUT2D eigenvalue weighted by atomic mass is 9.97. The molecule has 0 radical (unpaired) electrons. The minimum Gasteiger partial charge on any atom is -0.484 e. The third kappa shape index (κ3) is 6.26. The lowest BCUT2D eigenvalue weighted by molar-refractivity contribution is -0.135. The van der Waals surface area contributed by atoms with Gasteiger partial charge in [-0.15, -0.1) is 12.4 Å². The molecule has 2 unspecified atom stereocenters. The maximum absolute atomic E-state index is 12.5. The Morgan fingerprint density at radius 3 is 2.86 bits per heavy atom. The third-order valence-corrected chi connectivity index (χ3v) is 5.73. The van der Waals surface area contributed by atoms with Gasteiger partial charge < -0.3 is 20.3 Å². The summed E-state index contributed by atoms with van der Waals surface area (Å²) in [7, 11) is 0. The summed E-state index contributed by atoms with van der Waals surface area (Å²) in [6, 6.07) is 5.33. The van der Waals surface area contributed by atoms with Crippen LogP contribution < -0.4 is 15.4 Å². The van der Waals surface area contributed by atoms with Crippen LogP contribution >= 0.6 is 24.0 Å². The lowest BCUT2D eigenvalue weighted by Gasteiger charge is -2.33. The summed E-state index contributed by atoms with van der Waals surface area (Å²) in [6.07, 6.45) is 3.94. The molecule has 1 aromatic carbocycles. The second-order valence-electron chi connectivity index (χ2n) is 7.44. The molecular weight excluding hydrogens is 401 g/mol. The Bertz CT molecular complexity index is 681. The van der Waals surface area contributed by atoms with Crippen LogP contribution in [-0.2, 0) is 9.59 Å². The van der Waals surface area contributed by atoms with Gasteiger partial charge in [0.25, 0.3) is 5.91 Å². The molecule has 6 nitrogen and oxygen atoms in total. The molecule has 0 bridgehead atoms. The smallest absolute Gasteiger partial charge is 0.260 e. The van der Waals surface area contributed by atoms with Gasteiger partial charge in [-0.1, -0.05) is 11.6 Å². The molecule has 28 heavy (non-hydrogen) atoms. The fourth-order valence-electron chi connectivity index (χ4n) is 3.68. The molecule has 8 heteroatoms. The van der Waals surface area contributed by atoms with E-state index >= 15 is 0 Å². The molecule has 2 fully saturated rings. The maximum atomic E-state index is 12.5. The molecule has 2 amide bonds. The molecule has 2 saturated heterocycles. The molecule has 0 aromatic heterocycles. The molecule has 1 aromatic rings. The number of nitrogens with zero attached hydrogens (tertiary/aromatic N) is 1. The standard InChI is InChI=1S/C20H28ClN3O3.ClH/c1-14-10-16(6-7-17(14)21)27-13-19(25)24-9-3-4-15(12-24)11-23-20(26)18-5-2-8-22-18;/h6-7,10,15,18,22H,2-5,8-9,11-13H2,1H3,(H,23,26);1H. The number of likely N-dealkylation sites (tertiary alicyclic amines) is 1. The highest BCUT2D eigenvalue weighted by Crippen LogP contribution is 2.21. The van der Waals surface area contributed by atoms with Crippen molar-refractivity contribution in [3.8, 4) is 5.75 Å². The van der Waals surface area contributed by atoms with Gasteiger partial charge in [-0.05, 0) is 68.8 Å². The molecule has 2 N–H and O–H groups in total. The van der Waals surface area contributed by atoms with Crippen LogP contribution in [0.3, 0.4) is 0 Å². The molecule has 0 saturated carbocycles. The van der Waals surface area contributed by atoms with Crippen LogP contribution in [-0.4, -0.2) is 55.5 Å². The summed E-state index contributed by atoms with van der Waals surface area (Å²) in [4.78, 5) is 26.5. The summed E-state index contributed by atoms with van der Waals surface area (Å²) in [5, 5.41) is 6.93. The van der Waals surface area contributed by atoms with Crippen LogP contribution in [0.2, 0.25) is 5.02 Å². The van der Waals surface area contributed by atoms with E-state index in [0.717, 1.165) is 44.3 Å². The van der Waals surface area contributed by atoms with E-state index in [-0.39, 0.29) is 36.9 Å². The van der Waals surface area contributed by atoms with E-state index in [1.807, 2.05) is 17.9 Å². The summed E-state index contributed by atoms with van der Waals surface area (Å²) in [5.41, 5.74) is 0.923. The van der Waals surface area contributed by atoms with Crippen LogP contribution in [0.15, 0.2) is 18.2 Å². The fraction of sp³-hybridized carbons (Fsp3) is 0.600. The zero-order chi connectivity index (χ0) is 19.2. The van der Waals surface area contributed by atoms with Gasteiger partial charge in [0.2, 0.25) is 5.91 Å². The first-order chi connectivity index (χ1) is 13.0. The van der Waals surface area contributed by atoms with Crippen molar-refractivity contribution in [1.82, 2.24) is 15.5 Å². The van der Waals surface area contributed by atoms with Crippen molar-refractivity contribution >= 4 is 35.8 Å². The zero-order valence-corrected chi connectivity index (χ0v) is 17.8. The summed E-state index contributed by atoms with van der Waals surface area (Å²) < 4.78 is 5.63. The molecular formula is C20H29Cl2N3O3. The molecule has 3 rings (SSSR count). The Kier molecular flexibility index (Phi) is 8.86. The number of nitrogens with one attached hydrogen (secondary N) is 2. The Hall–Kier alpha value is -1.50. The van der Waals surface area contributed by atoms with Crippen molar-refractivity contribution in [3.63, 3.8) is 0 Å². The average molecular weight is 430 g/mol. The summed E-state index contributed by atoms with van der Waals surface area (Å²) in [6.45, 7) is 4.87. The van der Waals surface area contributed by atoms with E-state index in [0.29, 0.717) is 29.8 Å². The predicted molar refractivity (Wildman–Crippen MR) is 112 cm³/mol. The van der Waals surface area contributed by atoms with Gasteiger partial charge in [0.05, 0.1) is 6.04 Å². The highest BCUT2D eigenvalue weighted by Gasteiger charge is 2.26. The number of rotatable bonds is 6. The van der Waals surface area contributed by atoms with Gasteiger partial charge in [0, 0.05) is 24.7 Å². The number of carbonyl (C=O) groups is 2. The topological polar surface area (TPSA) is 70.7 Å². The minimum absolute atomic E-state index is 0. The molecule has 2 aliphatic rings. The van der Waals surface area contributed by atoms with E-state index in [2.05, 4.69) is 10.6 Å². The van der Waals surface area contributed by atoms with E-state index in [1.54, 1.807) is 12.1 Å². The quantitative estimate of drug-likeness (QED) is 0.728. The molecule has 156 valence electrons. The number of piperidine rings is 1. The number of amides is 2.